The van der Waals surface area contributed by atoms with Gasteiger partial charge in [0.15, 0.2) is 0 Å². The Morgan fingerprint density at radius 1 is 1.14 bits per heavy atom. The molecule has 1 aliphatic rings. The summed E-state index contributed by atoms with van der Waals surface area (Å²) in [6.07, 6.45) is 5.00. The van der Waals surface area contributed by atoms with Gasteiger partial charge in [-0.25, -0.2) is 8.78 Å². The fourth-order valence-electron chi connectivity index (χ4n) is 5.22. The molecule has 5 nitrogen and oxygen atoms in total. The lowest BCUT2D eigenvalue weighted by molar-refractivity contribution is 0.0234. The van der Waals surface area contributed by atoms with Gasteiger partial charge in [-0.3, -0.25) is 4.98 Å². The zero-order valence-corrected chi connectivity index (χ0v) is 21.3. The van der Waals surface area contributed by atoms with E-state index in [4.69, 9.17) is 16.3 Å². The number of ether oxygens (including phenoxy) is 1. The summed E-state index contributed by atoms with van der Waals surface area (Å²) in [7, 11) is 1.59. The number of halogens is 3. The van der Waals surface area contributed by atoms with Gasteiger partial charge in [-0.05, 0) is 99.5 Å². The fourth-order valence-corrected chi connectivity index (χ4v) is 5.50. The number of hydrogen-bond acceptors (Lipinski definition) is 5. The number of benzene rings is 2. The van der Waals surface area contributed by atoms with E-state index < -0.39 is 17.7 Å². The molecule has 0 amide bonds. The number of aliphatic hydroxyl groups excluding tert-OH is 2. The van der Waals surface area contributed by atoms with Gasteiger partial charge < -0.3 is 19.8 Å². The summed E-state index contributed by atoms with van der Waals surface area (Å²) in [6, 6.07) is 9.17. The number of aromatic nitrogens is 1. The van der Waals surface area contributed by atoms with Crippen LogP contribution in [0.2, 0.25) is 5.02 Å². The number of aryl methyl sites for hydroxylation is 1. The van der Waals surface area contributed by atoms with Crippen molar-refractivity contribution in [1.29, 1.82) is 0 Å². The Hall–Kier alpha value is -2.32. The highest BCUT2D eigenvalue weighted by Gasteiger charge is 2.34. The van der Waals surface area contributed by atoms with Crippen molar-refractivity contribution in [2.75, 3.05) is 33.4 Å². The van der Waals surface area contributed by atoms with E-state index in [2.05, 4.69) is 9.88 Å². The second-order valence-corrected chi connectivity index (χ2v) is 10.2. The lowest BCUT2D eigenvalue weighted by Crippen LogP contribution is -2.42. The molecular weight excluding hydrogens is 486 g/mol. The van der Waals surface area contributed by atoms with Crippen molar-refractivity contribution in [1.82, 2.24) is 9.88 Å². The number of aliphatic hydroxyl groups is 2. The van der Waals surface area contributed by atoms with Gasteiger partial charge in [0.05, 0.1) is 23.8 Å². The minimum Gasteiger partial charge on any atom is -0.497 e. The molecule has 0 bridgehead atoms. The summed E-state index contributed by atoms with van der Waals surface area (Å²) in [6.45, 7) is 2.58. The lowest BCUT2D eigenvalue weighted by atomic mass is 9.74. The number of likely N-dealkylation sites (tertiary alicyclic amines) is 1. The van der Waals surface area contributed by atoms with Crippen LogP contribution in [0.4, 0.5) is 8.78 Å². The van der Waals surface area contributed by atoms with Gasteiger partial charge >= 0.3 is 0 Å². The Labute approximate surface area is 215 Å². The van der Waals surface area contributed by atoms with E-state index in [1.165, 1.54) is 12.1 Å². The third-order valence-electron chi connectivity index (χ3n) is 7.46. The van der Waals surface area contributed by atoms with Crippen molar-refractivity contribution in [2.45, 2.75) is 44.6 Å². The van der Waals surface area contributed by atoms with Crippen molar-refractivity contribution in [3.8, 4) is 5.75 Å². The third-order valence-corrected chi connectivity index (χ3v) is 7.76. The smallest absolute Gasteiger partial charge is 0.126 e. The van der Waals surface area contributed by atoms with Crippen LogP contribution in [0.15, 0.2) is 42.6 Å². The number of nitrogens with zero attached hydrogens (tertiary/aromatic N) is 2. The Balaban J connectivity index is 1.33. The zero-order chi connectivity index (χ0) is 25.7. The van der Waals surface area contributed by atoms with Crippen LogP contribution in [-0.4, -0.2) is 53.4 Å². The number of methoxy groups -OCH3 is 1. The van der Waals surface area contributed by atoms with E-state index >= 15 is 0 Å². The van der Waals surface area contributed by atoms with Gasteiger partial charge in [0.1, 0.15) is 17.4 Å². The van der Waals surface area contributed by atoms with Gasteiger partial charge in [0, 0.05) is 29.8 Å². The van der Waals surface area contributed by atoms with Gasteiger partial charge in [0.25, 0.3) is 0 Å². The van der Waals surface area contributed by atoms with E-state index in [1.807, 2.05) is 18.2 Å². The molecule has 1 saturated heterocycles. The maximum atomic E-state index is 13.4. The molecule has 4 rings (SSSR count). The summed E-state index contributed by atoms with van der Waals surface area (Å²) in [4.78, 5) is 6.69. The molecule has 0 saturated carbocycles. The molecule has 1 unspecified atom stereocenters. The predicted molar refractivity (Wildman–Crippen MR) is 137 cm³/mol. The highest BCUT2D eigenvalue weighted by molar-refractivity contribution is 6.32. The predicted octanol–water partition coefficient (Wildman–Crippen LogP) is 5.70. The molecule has 0 radical (unpaired) electrons. The summed E-state index contributed by atoms with van der Waals surface area (Å²) in [5, 5.41) is 22.6. The number of hydrogen-bond donors (Lipinski definition) is 2. The Morgan fingerprint density at radius 2 is 1.86 bits per heavy atom. The van der Waals surface area contributed by atoms with Crippen LogP contribution in [-0.2, 0) is 6.42 Å². The molecule has 0 spiro atoms. The van der Waals surface area contributed by atoms with Gasteiger partial charge in [0.2, 0.25) is 0 Å². The molecule has 2 aromatic carbocycles. The second-order valence-electron chi connectivity index (χ2n) is 9.84. The molecule has 3 aromatic rings. The van der Waals surface area contributed by atoms with Crippen molar-refractivity contribution >= 4 is 22.5 Å². The number of rotatable bonds is 10. The third kappa shape index (κ3) is 6.32. The first-order chi connectivity index (χ1) is 17.3. The summed E-state index contributed by atoms with van der Waals surface area (Å²) in [5.41, 5.74) is 1.79. The van der Waals surface area contributed by atoms with Crippen molar-refractivity contribution in [2.24, 2.45) is 5.41 Å². The summed E-state index contributed by atoms with van der Waals surface area (Å²) >= 11 is 6.45. The molecule has 2 heterocycles. The normalized spacial score (nSPS) is 16.8. The Bertz CT molecular complexity index is 1160. The van der Waals surface area contributed by atoms with E-state index in [-0.39, 0.29) is 12.0 Å². The lowest BCUT2D eigenvalue weighted by Gasteiger charge is -2.41. The molecule has 1 aromatic heterocycles. The quantitative estimate of drug-likeness (QED) is 0.360. The maximum absolute atomic E-state index is 13.4. The summed E-state index contributed by atoms with van der Waals surface area (Å²) in [5.74, 6) is -0.419. The highest BCUT2D eigenvalue weighted by Crippen LogP contribution is 2.40. The monoisotopic (exact) mass is 518 g/mol. The molecule has 1 atom stereocenters. The maximum Gasteiger partial charge on any atom is 0.126 e. The molecule has 8 heteroatoms. The fraction of sp³-hybridized carbons (Fsp3) is 0.464. The molecule has 0 aliphatic carbocycles. The van der Waals surface area contributed by atoms with Crippen LogP contribution in [0.3, 0.4) is 0 Å². The standard InChI is InChI=1S/C28H33ClF2N2O3/c1-36-22-4-5-25-23(16-22)27(24(29)17-32-25)26(35)6-7-28(18-34)8-11-33(12-9-28)10-2-3-19-13-20(30)15-21(31)14-19/h4-5,13-17,26,34-35H,2-3,6-12,18H2,1H3. The Morgan fingerprint density at radius 3 is 2.53 bits per heavy atom. The van der Waals surface area contributed by atoms with Crippen molar-refractivity contribution in [3.05, 3.63) is 70.4 Å². The zero-order valence-electron chi connectivity index (χ0n) is 20.5. The van der Waals surface area contributed by atoms with E-state index in [1.54, 1.807) is 13.3 Å². The van der Waals surface area contributed by atoms with E-state index in [9.17, 15) is 19.0 Å². The minimum absolute atomic E-state index is 0.0643. The molecular formula is C28H33ClF2N2O3. The van der Waals surface area contributed by atoms with Crippen LogP contribution < -0.4 is 4.74 Å². The molecule has 1 fully saturated rings. The van der Waals surface area contributed by atoms with Crippen molar-refractivity contribution < 1.29 is 23.7 Å². The Kier molecular flexibility index (Phi) is 8.78. The first-order valence-electron chi connectivity index (χ1n) is 12.4. The molecule has 194 valence electrons. The summed E-state index contributed by atoms with van der Waals surface area (Å²) < 4.78 is 32.1. The van der Waals surface area contributed by atoms with Gasteiger partial charge in [-0.15, -0.1) is 0 Å². The van der Waals surface area contributed by atoms with E-state index in [0.29, 0.717) is 41.2 Å². The topological polar surface area (TPSA) is 65.8 Å². The number of piperidine rings is 1. The van der Waals surface area contributed by atoms with Crippen LogP contribution >= 0.6 is 11.6 Å². The average Bonchev–Trinajstić information content (AvgIpc) is 2.87. The van der Waals surface area contributed by atoms with Crippen LogP contribution in [0.1, 0.15) is 49.3 Å². The average molecular weight is 519 g/mol. The first kappa shape index (κ1) is 26.7. The first-order valence-corrected chi connectivity index (χ1v) is 12.8. The second kappa shape index (κ2) is 11.8. The van der Waals surface area contributed by atoms with Crippen LogP contribution in [0, 0.1) is 17.0 Å². The minimum atomic E-state index is -0.789. The molecule has 2 N–H and O–H groups in total. The number of fused-ring (bicyclic) bond motifs is 1. The van der Waals surface area contributed by atoms with Gasteiger partial charge in [-0.2, -0.15) is 0 Å². The largest absolute Gasteiger partial charge is 0.497 e. The van der Waals surface area contributed by atoms with E-state index in [0.717, 1.165) is 55.9 Å². The van der Waals surface area contributed by atoms with Gasteiger partial charge in [-0.1, -0.05) is 11.6 Å². The van der Waals surface area contributed by atoms with Crippen molar-refractivity contribution in [3.63, 3.8) is 0 Å². The SMILES string of the molecule is COc1ccc2ncc(Cl)c(C(O)CCC3(CO)CCN(CCCc4cc(F)cc(F)c4)CC3)c2c1. The molecule has 1 aliphatic heterocycles. The molecule has 36 heavy (non-hydrogen) atoms. The van der Waals surface area contributed by atoms with Crippen LogP contribution in [0.5, 0.6) is 5.75 Å². The highest BCUT2D eigenvalue weighted by atomic mass is 35.5. The van der Waals surface area contributed by atoms with Crippen LogP contribution in [0.25, 0.3) is 10.9 Å². The number of pyridine rings is 1.